The number of carboxylic acid groups (broad SMARTS) is 1. The fourth-order valence-corrected chi connectivity index (χ4v) is 3.92. The molecule has 1 aromatic heterocycles. The lowest BCUT2D eigenvalue weighted by Gasteiger charge is -2.26. The molecule has 0 saturated carbocycles. The second kappa shape index (κ2) is 7.86. The molecule has 0 atom stereocenters. The smallest absolute Gasteiger partial charge is 0.328 e. The van der Waals surface area contributed by atoms with Crippen LogP contribution in [-0.4, -0.2) is 54.7 Å². The highest BCUT2D eigenvalue weighted by molar-refractivity contribution is 7.90. The SMILES string of the molecule is O=C(O)C=Cc1ccn(S(=O)(=O)c2ccc(CN3CCOCC3)cc2)c1. The molecule has 1 aliphatic rings. The van der Waals surface area contributed by atoms with Crippen molar-refractivity contribution in [2.45, 2.75) is 11.4 Å². The quantitative estimate of drug-likeness (QED) is 0.772. The molecule has 0 unspecified atom stereocenters. The average molecular weight is 376 g/mol. The molecule has 138 valence electrons. The van der Waals surface area contributed by atoms with E-state index in [4.69, 9.17) is 9.84 Å². The molecule has 2 aromatic rings. The van der Waals surface area contributed by atoms with Crippen LogP contribution in [0.4, 0.5) is 0 Å². The molecule has 26 heavy (non-hydrogen) atoms. The van der Waals surface area contributed by atoms with Crippen molar-refractivity contribution in [3.05, 3.63) is 59.9 Å². The molecule has 2 heterocycles. The Labute approximate surface area is 152 Å². The third kappa shape index (κ3) is 4.40. The van der Waals surface area contributed by atoms with E-state index in [9.17, 15) is 13.2 Å². The Morgan fingerprint density at radius 3 is 2.50 bits per heavy atom. The zero-order valence-corrected chi connectivity index (χ0v) is 14.9. The Morgan fingerprint density at radius 1 is 1.15 bits per heavy atom. The van der Waals surface area contributed by atoms with E-state index >= 15 is 0 Å². The highest BCUT2D eigenvalue weighted by Crippen LogP contribution is 2.17. The predicted octanol–water partition coefficient (Wildman–Crippen LogP) is 1.66. The number of hydrogen-bond donors (Lipinski definition) is 1. The summed E-state index contributed by atoms with van der Waals surface area (Å²) in [4.78, 5) is 13.0. The number of carboxylic acids is 1. The van der Waals surface area contributed by atoms with Crippen LogP contribution in [-0.2, 0) is 26.1 Å². The first-order valence-electron chi connectivity index (χ1n) is 8.19. The van der Waals surface area contributed by atoms with E-state index in [0.29, 0.717) is 5.56 Å². The number of aliphatic carboxylic acids is 1. The molecule has 1 fully saturated rings. The Hall–Kier alpha value is -2.42. The minimum absolute atomic E-state index is 0.188. The van der Waals surface area contributed by atoms with Crippen molar-refractivity contribution >= 4 is 22.1 Å². The number of aromatic nitrogens is 1. The van der Waals surface area contributed by atoms with Crippen LogP contribution in [0.15, 0.2) is 53.7 Å². The van der Waals surface area contributed by atoms with E-state index in [1.54, 1.807) is 18.2 Å². The highest BCUT2D eigenvalue weighted by atomic mass is 32.2. The number of carbonyl (C=O) groups is 1. The topological polar surface area (TPSA) is 88.8 Å². The monoisotopic (exact) mass is 376 g/mol. The normalized spacial score (nSPS) is 16.2. The first kappa shape index (κ1) is 18.4. The molecular weight excluding hydrogens is 356 g/mol. The van der Waals surface area contributed by atoms with Gasteiger partial charge in [-0.05, 0) is 35.4 Å². The first-order chi connectivity index (χ1) is 12.4. The van der Waals surface area contributed by atoms with Crippen molar-refractivity contribution < 1.29 is 23.1 Å². The third-order valence-corrected chi connectivity index (χ3v) is 5.77. The van der Waals surface area contributed by atoms with Crippen molar-refractivity contribution in [3.8, 4) is 0 Å². The Balaban J connectivity index is 1.73. The number of ether oxygens (including phenoxy) is 1. The Kier molecular flexibility index (Phi) is 5.55. The van der Waals surface area contributed by atoms with Crippen LogP contribution < -0.4 is 0 Å². The molecule has 1 N–H and O–H groups in total. The van der Waals surface area contributed by atoms with Gasteiger partial charge in [0.2, 0.25) is 0 Å². The molecule has 0 aliphatic carbocycles. The number of hydrogen-bond acceptors (Lipinski definition) is 5. The molecule has 0 amide bonds. The molecule has 1 aromatic carbocycles. The van der Waals surface area contributed by atoms with Crippen LogP contribution in [0.3, 0.4) is 0 Å². The van der Waals surface area contributed by atoms with Crippen LogP contribution in [0, 0.1) is 0 Å². The van der Waals surface area contributed by atoms with Gasteiger partial charge in [0, 0.05) is 38.1 Å². The summed E-state index contributed by atoms with van der Waals surface area (Å²) in [5.41, 5.74) is 1.54. The van der Waals surface area contributed by atoms with Gasteiger partial charge in [0.1, 0.15) is 0 Å². The van der Waals surface area contributed by atoms with Crippen molar-refractivity contribution in [2.75, 3.05) is 26.3 Å². The van der Waals surface area contributed by atoms with Gasteiger partial charge < -0.3 is 9.84 Å². The van der Waals surface area contributed by atoms with Crippen LogP contribution in [0.5, 0.6) is 0 Å². The van der Waals surface area contributed by atoms with Gasteiger partial charge in [-0.3, -0.25) is 4.90 Å². The molecule has 8 heteroatoms. The average Bonchev–Trinajstić information content (AvgIpc) is 3.11. The largest absolute Gasteiger partial charge is 0.478 e. The van der Waals surface area contributed by atoms with Crippen LogP contribution in [0.25, 0.3) is 6.08 Å². The van der Waals surface area contributed by atoms with Crippen molar-refractivity contribution in [1.29, 1.82) is 0 Å². The standard InChI is InChI=1S/C18H20N2O5S/c21-18(22)6-3-16-7-8-20(14-16)26(23,24)17-4-1-15(2-5-17)13-19-9-11-25-12-10-19/h1-8,14H,9-13H2,(H,21,22). The van der Waals surface area contributed by atoms with Gasteiger partial charge in [-0.25, -0.2) is 17.2 Å². The highest BCUT2D eigenvalue weighted by Gasteiger charge is 2.17. The van der Waals surface area contributed by atoms with Gasteiger partial charge in [0.25, 0.3) is 10.0 Å². The van der Waals surface area contributed by atoms with E-state index in [1.807, 2.05) is 12.1 Å². The maximum atomic E-state index is 12.7. The fraction of sp³-hybridized carbons (Fsp3) is 0.278. The first-order valence-corrected chi connectivity index (χ1v) is 9.63. The molecule has 1 aliphatic heterocycles. The molecule has 1 saturated heterocycles. The van der Waals surface area contributed by atoms with E-state index < -0.39 is 16.0 Å². The van der Waals surface area contributed by atoms with Crippen molar-refractivity contribution in [2.24, 2.45) is 0 Å². The lowest BCUT2D eigenvalue weighted by Crippen LogP contribution is -2.35. The second-order valence-corrected chi connectivity index (χ2v) is 7.83. The minimum Gasteiger partial charge on any atom is -0.478 e. The van der Waals surface area contributed by atoms with Crippen molar-refractivity contribution in [3.63, 3.8) is 0 Å². The number of rotatable bonds is 6. The van der Waals surface area contributed by atoms with Gasteiger partial charge in [-0.15, -0.1) is 0 Å². The third-order valence-electron chi connectivity index (χ3n) is 4.12. The molecule has 0 bridgehead atoms. The number of benzene rings is 1. The van der Waals surface area contributed by atoms with E-state index in [1.165, 1.54) is 18.5 Å². The summed E-state index contributed by atoms with van der Waals surface area (Å²) in [6.45, 7) is 3.95. The van der Waals surface area contributed by atoms with E-state index in [0.717, 1.165) is 48.5 Å². The van der Waals surface area contributed by atoms with E-state index in [2.05, 4.69) is 4.90 Å². The zero-order valence-electron chi connectivity index (χ0n) is 14.1. The van der Waals surface area contributed by atoms with Crippen LogP contribution in [0.2, 0.25) is 0 Å². The van der Waals surface area contributed by atoms with Crippen molar-refractivity contribution in [1.82, 2.24) is 8.87 Å². The molecular formula is C18H20N2O5S. The summed E-state index contributed by atoms with van der Waals surface area (Å²) in [5.74, 6) is -1.09. The molecule has 7 nitrogen and oxygen atoms in total. The second-order valence-electron chi connectivity index (χ2n) is 5.98. The minimum atomic E-state index is -3.70. The summed E-state index contributed by atoms with van der Waals surface area (Å²) in [5, 5.41) is 8.64. The van der Waals surface area contributed by atoms with Crippen LogP contribution in [0.1, 0.15) is 11.1 Å². The van der Waals surface area contributed by atoms with Gasteiger partial charge >= 0.3 is 5.97 Å². The maximum Gasteiger partial charge on any atom is 0.328 e. The Morgan fingerprint density at radius 2 is 1.85 bits per heavy atom. The van der Waals surface area contributed by atoms with Gasteiger partial charge in [-0.2, -0.15) is 0 Å². The summed E-state index contributed by atoms with van der Waals surface area (Å²) in [6, 6.07) is 8.37. The summed E-state index contributed by atoms with van der Waals surface area (Å²) < 4.78 is 31.8. The number of nitrogens with zero attached hydrogens (tertiary/aromatic N) is 2. The fourth-order valence-electron chi connectivity index (χ4n) is 2.71. The predicted molar refractivity (Wildman–Crippen MR) is 96.2 cm³/mol. The summed E-state index contributed by atoms with van der Waals surface area (Å²) in [7, 11) is -3.70. The lowest BCUT2D eigenvalue weighted by molar-refractivity contribution is -0.131. The lowest BCUT2D eigenvalue weighted by atomic mass is 10.2. The number of morpholine rings is 1. The maximum absolute atomic E-state index is 12.7. The molecule has 0 radical (unpaired) electrons. The molecule has 3 rings (SSSR count). The van der Waals surface area contributed by atoms with Gasteiger partial charge in [0.15, 0.2) is 0 Å². The Bertz CT molecular complexity index is 894. The van der Waals surface area contributed by atoms with Gasteiger partial charge in [0.05, 0.1) is 18.1 Å². The van der Waals surface area contributed by atoms with Gasteiger partial charge in [-0.1, -0.05) is 12.1 Å². The summed E-state index contributed by atoms with van der Waals surface area (Å²) in [6.07, 6.45) is 5.10. The van der Waals surface area contributed by atoms with E-state index in [-0.39, 0.29) is 4.90 Å². The zero-order chi connectivity index (χ0) is 18.6. The van der Waals surface area contributed by atoms with Crippen LogP contribution >= 0.6 is 0 Å². The summed E-state index contributed by atoms with van der Waals surface area (Å²) >= 11 is 0. The molecule has 0 spiro atoms.